The predicted octanol–water partition coefficient (Wildman–Crippen LogP) is 4.26. The molecule has 0 aliphatic rings. The number of non-ortho nitro benzene ring substituents is 1. The molecule has 4 aromatic rings. The smallest absolute Gasteiger partial charge is 0.293 e. The lowest BCUT2D eigenvalue weighted by Crippen LogP contribution is -2.30. The Kier molecular flexibility index (Phi) is 5.95. The highest BCUT2D eigenvalue weighted by molar-refractivity contribution is 7.90. The summed E-state index contributed by atoms with van der Waals surface area (Å²) in [6.45, 7) is 1.93. The van der Waals surface area contributed by atoms with Crippen LogP contribution in [0.3, 0.4) is 0 Å². The van der Waals surface area contributed by atoms with Gasteiger partial charge in [0.05, 0.1) is 16.9 Å². The van der Waals surface area contributed by atoms with E-state index in [4.69, 9.17) is 4.74 Å². The van der Waals surface area contributed by atoms with Crippen LogP contribution in [0.2, 0.25) is 0 Å². The highest BCUT2D eigenvalue weighted by Crippen LogP contribution is 2.34. The van der Waals surface area contributed by atoms with Gasteiger partial charge in [-0.05, 0) is 61.0 Å². The average molecular weight is 481 g/mol. The van der Waals surface area contributed by atoms with Crippen molar-refractivity contribution >= 4 is 43.9 Å². The first-order chi connectivity index (χ1) is 16.2. The van der Waals surface area contributed by atoms with Crippen LogP contribution in [-0.4, -0.2) is 31.3 Å². The fraction of sp³-hybridized carbons (Fsp3) is 0.0870. The third-order valence-electron chi connectivity index (χ3n) is 5.11. The van der Waals surface area contributed by atoms with Gasteiger partial charge >= 0.3 is 0 Å². The maximum absolute atomic E-state index is 12.8. The van der Waals surface area contributed by atoms with Crippen LogP contribution in [0.1, 0.15) is 16.1 Å². The van der Waals surface area contributed by atoms with Crippen molar-refractivity contribution in [2.75, 3.05) is 12.4 Å². The van der Waals surface area contributed by atoms with E-state index in [0.29, 0.717) is 16.8 Å². The van der Waals surface area contributed by atoms with Gasteiger partial charge in [-0.1, -0.05) is 12.1 Å². The van der Waals surface area contributed by atoms with Gasteiger partial charge in [0, 0.05) is 22.8 Å². The molecule has 0 atom stereocenters. The molecular formula is C23H20N4O6S. The van der Waals surface area contributed by atoms with Gasteiger partial charge in [0.1, 0.15) is 17.0 Å². The van der Waals surface area contributed by atoms with E-state index in [9.17, 15) is 23.3 Å². The van der Waals surface area contributed by atoms with Crippen molar-refractivity contribution in [1.29, 1.82) is 0 Å². The minimum Gasteiger partial charge on any atom is -0.497 e. The Labute approximate surface area is 194 Å². The van der Waals surface area contributed by atoms with E-state index < -0.39 is 20.9 Å². The highest BCUT2D eigenvalue weighted by atomic mass is 32.2. The van der Waals surface area contributed by atoms with Gasteiger partial charge in [-0.25, -0.2) is 13.1 Å². The number of benzene rings is 3. The molecule has 3 N–H and O–H groups in total. The van der Waals surface area contributed by atoms with E-state index in [1.165, 1.54) is 49.6 Å². The summed E-state index contributed by atoms with van der Waals surface area (Å²) in [5, 5.41) is 15.1. The largest absolute Gasteiger partial charge is 0.497 e. The number of carbonyl (C=O) groups excluding carboxylic acids is 1. The number of hydrogen-bond donors (Lipinski definition) is 3. The number of amides is 1. The summed E-state index contributed by atoms with van der Waals surface area (Å²) in [5.74, 6) is -0.496. The van der Waals surface area contributed by atoms with Crippen LogP contribution in [0.25, 0.3) is 10.9 Å². The Morgan fingerprint density at radius 1 is 1.06 bits per heavy atom. The van der Waals surface area contributed by atoms with E-state index in [-0.39, 0.29) is 21.8 Å². The molecule has 3 aromatic carbocycles. The summed E-state index contributed by atoms with van der Waals surface area (Å²) in [6, 6.07) is 17.3. The van der Waals surface area contributed by atoms with E-state index in [2.05, 4.69) is 10.3 Å². The van der Waals surface area contributed by atoms with Crippen molar-refractivity contribution in [2.24, 2.45) is 0 Å². The lowest BCUT2D eigenvalue weighted by atomic mass is 10.1. The second-order valence-corrected chi connectivity index (χ2v) is 9.15. The Balaban J connectivity index is 1.70. The van der Waals surface area contributed by atoms with Crippen molar-refractivity contribution in [2.45, 2.75) is 11.8 Å². The first-order valence-corrected chi connectivity index (χ1v) is 11.5. The van der Waals surface area contributed by atoms with Gasteiger partial charge in [0.2, 0.25) is 0 Å². The molecule has 174 valence electrons. The molecule has 1 amide bonds. The second kappa shape index (κ2) is 8.87. The van der Waals surface area contributed by atoms with Crippen LogP contribution >= 0.6 is 0 Å². The summed E-state index contributed by atoms with van der Waals surface area (Å²) in [5.41, 5.74) is 1.98. The van der Waals surface area contributed by atoms with E-state index in [0.717, 1.165) is 11.3 Å². The normalized spacial score (nSPS) is 11.2. The molecule has 0 fully saturated rings. The number of nitro benzene ring substituents is 1. The van der Waals surface area contributed by atoms with Crippen LogP contribution in [0.5, 0.6) is 5.75 Å². The first-order valence-electron chi connectivity index (χ1n) is 10.0. The SMILES string of the molecule is COc1ccc(S(=O)(=O)NC(=O)c2cc3c(Nc4cccc(C)c4)ccc([N+](=O)[O-])c3[nH]2)cc1. The van der Waals surface area contributed by atoms with Gasteiger partial charge in [0.15, 0.2) is 0 Å². The van der Waals surface area contributed by atoms with Crippen LogP contribution in [0, 0.1) is 17.0 Å². The summed E-state index contributed by atoms with van der Waals surface area (Å²) in [7, 11) is -2.74. The minimum atomic E-state index is -4.18. The van der Waals surface area contributed by atoms with Gasteiger partial charge in [-0.3, -0.25) is 14.9 Å². The molecule has 0 radical (unpaired) electrons. The van der Waals surface area contributed by atoms with Crippen LogP contribution in [-0.2, 0) is 10.0 Å². The summed E-state index contributed by atoms with van der Waals surface area (Å²) >= 11 is 0. The fourth-order valence-corrected chi connectivity index (χ4v) is 4.42. The molecule has 0 saturated carbocycles. The summed E-state index contributed by atoms with van der Waals surface area (Å²) < 4.78 is 32.3. The number of nitrogens with zero attached hydrogens (tertiary/aromatic N) is 1. The summed E-state index contributed by atoms with van der Waals surface area (Å²) in [6.07, 6.45) is 0. The highest BCUT2D eigenvalue weighted by Gasteiger charge is 2.23. The fourth-order valence-electron chi connectivity index (χ4n) is 3.46. The summed E-state index contributed by atoms with van der Waals surface area (Å²) in [4.78, 5) is 26.3. The lowest BCUT2D eigenvalue weighted by Gasteiger charge is -2.08. The maximum Gasteiger partial charge on any atom is 0.293 e. The minimum absolute atomic E-state index is 0.0923. The van der Waals surface area contributed by atoms with Crippen molar-refractivity contribution < 1.29 is 22.9 Å². The third-order valence-corrected chi connectivity index (χ3v) is 6.45. The number of ether oxygens (including phenoxy) is 1. The number of nitrogens with one attached hydrogen (secondary N) is 3. The third kappa shape index (κ3) is 4.55. The molecular weight excluding hydrogens is 460 g/mol. The average Bonchev–Trinajstić information content (AvgIpc) is 3.25. The van der Waals surface area contributed by atoms with E-state index in [1.54, 1.807) is 0 Å². The number of fused-ring (bicyclic) bond motifs is 1. The number of sulfonamides is 1. The zero-order valence-corrected chi connectivity index (χ0v) is 19.0. The molecule has 0 aliphatic heterocycles. The van der Waals surface area contributed by atoms with Crippen LogP contribution in [0.4, 0.5) is 17.1 Å². The Bertz CT molecular complexity index is 1510. The van der Waals surface area contributed by atoms with Gasteiger partial charge in [-0.2, -0.15) is 0 Å². The van der Waals surface area contributed by atoms with Gasteiger partial charge in [0.25, 0.3) is 21.6 Å². The topological polar surface area (TPSA) is 143 Å². The van der Waals surface area contributed by atoms with Crippen LogP contribution < -0.4 is 14.8 Å². The molecule has 4 rings (SSSR count). The number of aromatic nitrogens is 1. The van der Waals surface area contributed by atoms with Gasteiger partial charge < -0.3 is 15.0 Å². The molecule has 0 aliphatic carbocycles. The Hall–Kier alpha value is -4.38. The molecule has 34 heavy (non-hydrogen) atoms. The monoisotopic (exact) mass is 480 g/mol. The number of rotatable bonds is 7. The van der Waals surface area contributed by atoms with Crippen molar-refractivity contribution in [3.05, 3.63) is 88.1 Å². The van der Waals surface area contributed by atoms with E-state index in [1.807, 2.05) is 35.9 Å². The maximum atomic E-state index is 12.8. The molecule has 0 spiro atoms. The molecule has 0 bridgehead atoms. The first kappa shape index (κ1) is 22.8. The number of nitro groups is 1. The zero-order chi connectivity index (χ0) is 24.5. The quantitative estimate of drug-likeness (QED) is 0.265. The number of carbonyl (C=O) groups is 1. The van der Waals surface area contributed by atoms with Crippen molar-refractivity contribution in [3.63, 3.8) is 0 Å². The van der Waals surface area contributed by atoms with Crippen molar-refractivity contribution in [3.8, 4) is 5.75 Å². The Morgan fingerprint density at radius 3 is 2.44 bits per heavy atom. The number of aromatic amines is 1. The zero-order valence-electron chi connectivity index (χ0n) is 18.2. The number of aryl methyl sites for hydroxylation is 1. The number of anilines is 2. The van der Waals surface area contributed by atoms with Crippen molar-refractivity contribution in [1.82, 2.24) is 9.71 Å². The number of H-pyrrole nitrogens is 1. The standard InChI is InChI=1S/C23H20N4O6S/c1-14-4-3-5-15(12-14)24-19-10-11-21(27(29)30)22-18(19)13-20(25-22)23(28)26-34(31,32)17-8-6-16(33-2)7-9-17/h3-13,24-25H,1-2H3,(H,26,28). The van der Waals surface area contributed by atoms with Gasteiger partial charge in [-0.15, -0.1) is 0 Å². The predicted molar refractivity (Wildman–Crippen MR) is 127 cm³/mol. The Morgan fingerprint density at radius 2 is 1.79 bits per heavy atom. The molecule has 0 unspecified atom stereocenters. The molecule has 0 saturated heterocycles. The number of methoxy groups -OCH3 is 1. The molecule has 1 heterocycles. The molecule has 11 heteroatoms. The second-order valence-electron chi connectivity index (χ2n) is 7.47. The van der Waals surface area contributed by atoms with E-state index >= 15 is 0 Å². The van der Waals surface area contributed by atoms with Crippen LogP contribution in [0.15, 0.2) is 71.6 Å². The lowest BCUT2D eigenvalue weighted by molar-refractivity contribution is -0.383. The molecule has 1 aromatic heterocycles. The molecule has 10 nitrogen and oxygen atoms in total. The number of hydrogen-bond acceptors (Lipinski definition) is 7.